The van der Waals surface area contributed by atoms with Gasteiger partial charge in [-0.15, -0.1) is 11.3 Å². The lowest BCUT2D eigenvalue weighted by Gasteiger charge is -2.41. The van der Waals surface area contributed by atoms with Crippen molar-refractivity contribution >= 4 is 33.2 Å². The molecule has 0 bridgehead atoms. The number of pyridine rings is 1. The molecular formula is C30H30ClF3N4O4S. The molecule has 4 aromatic rings. The first-order valence-corrected chi connectivity index (χ1v) is 15.2. The number of halogens is 4. The Morgan fingerprint density at radius 3 is 2.63 bits per heavy atom. The number of nitrogens with zero attached hydrogens (tertiary/aromatic N) is 4. The van der Waals surface area contributed by atoms with Gasteiger partial charge in [-0.05, 0) is 43.2 Å². The van der Waals surface area contributed by atoms with E-state index in [0.717, 1.165) is 76.3 Å². The van der Waals surface area contributed by atoms with Gasteiger partial charge in [0.25, 0.3) is 5.56 Å². The molecule has 1 unspecified atom stereocenters. The van der Waals surface area contributed by atoms with Crippen molar-refractivity contribution in [2.24, 2.45) is 0 Å². The highest BCUT2D eigenvalue weighted by atomic mass is 35.5. The second-order valence-electron chi connectivity index (χ2n) is 11.2. The van der Waals surface area contributed by atoms with Crippen LogP contribution < -0.4 is 16.0 Å². The van der Waals surface area contributed by atoms with Crippen LogP contribution in [-0.2, 0) is 17.8 Å². The largest absolute Gasteiger partial charge is 0.489 e. The number of hydrogen-bond acceptors (Lipinski definition) is 7. The van der Waals surface area contributed by atoms with Crippen molar-refractivity contribution in [3.63, 3.8) is 0 Å². The third kappa shape index (κ3) is 6.24. The van der Waals surface area contributed by atoms with Gasteiger partial charge in [-0.3, -0.25) is 23.8 Å². The molecule has 8 nitrogen and oxygen atoms in total. The summed E-state index contributed by atoms with van der Waals surface area (Å²) in [5.41, 5.74) is 1.46. The second kappa shape index (κ2) is 11.7. The number of hydrogen-bond donors (Lipinski definition) is 0. The summed E-state index contributed by atoms with van der Waals surface area (Å²) >= 11 is 7.83. The van der Waals surface area contributed by atoms with Crippen molar-refractivity contribution in [1.82, 2.24) is 19.0 Å². The quantitative estimate of drug-likeness (QED) is 0.255. The molecule has 1 saturated heterocycles. The van der Waals surface area contributed by atoms with Crippen molar-refractivity contribution in [1.29, 1.82) is 0 Å². The second-order valence-corrected chi connectivity index (χ2v) is 12.7. The first-order valence-electron chi connectivity index (χ1n) is 14.0. The first-order chi connectivity index (χ1) is 20.5. The number of thiophene rings is 1. The lowest BCUT2D eigenvalue weighted by Crippen LogP contribution is -2.48. The smallest absolute Gasteiger partial charge is 0.406 e. The molecule has 0 amide bonds. The van der Waals surface area contributed by atoms with E-state index in [4.69, 9.17) is 21.1 Å². The summed E-state index contributed by atoms with van der Waals surface area (Å²) in [5, 5.41) is 0.553. The van der Waals surface area contributed by atoms with Crippen LogP contribution in [0.5, 0.6) is 5.75 Å². The van der Waals surface area contributed by atoms with Crippen molar-refractivity contribution < 1.29 is 22.6 Å². The van der Waals surface area contributed by atoms with Crippen LogP contribution in [0.3, 0.4) is 0 Å². The Labute approximate surface area is 254 Å². The maximum atomic E-state index is 13.0. The van der Waals surface area contributed by atoms with Crippen LogP contribution in [0.25, 0.3) is 21.3 Å². The lowest BCUT2D eigenvalue weighted by atomic mass is 9.87. The molecular weight excluding hydrogens is 605 g/mol. The maximum Gasteiger partial charge on any atom is 0.406 e. The van der Waals surface area contributed by atoms with Crippen LogP contribution in [0.2, 0.25) is 5.02 Å². The standard InChI is InChI=1S/C30H30ClF3N4O4S/c1-17-9-18(31)10-24(27(17)42-21-11-19(12-21)36-7-4-20(14-36)41-2)23-3-6-35-25-13-22(43-28(23)25)15-38-26(39)5-8-37(29(38)40)16-30(32,33)34/h3,5-6,8-10,13,19-21H,4,7,11-12,14-16H2,1-2H3. The highest BCUT2D eigenvalue weighted by Gasteiger charge is 2.39. The molecule has 0 N–H and O–H groups in total. The average molecular weight is 635 g/mol. The molecule has 3 aromatic heterocycles. The molecule has 1 aliphatic heterocycles. The van der Waals surface area contributed by atoms with E-state index in [1.165, 1.54) is 11.3 Å². The summed E-state index contributed by atoms with van der Waals surface area (Å²) in [6.07, 6.45) is 1.17. The van der Waals surface area contributed by atoms with Crippen LogP contribution in [0.15, 0.2) is 52.3 Å². The van der Waals surface area contributed by atoms with E-state index in [1.54, 1.807) is 19.4 Å². The normalized spacial score (nSPS) is 20.9. The summed E-state index contributed by atoms with van der Waals surface area (Å²) < 4.78 is 53.1. The van der Waals surface area contributed by atoms with Crippen molar-refractivity contribution in [3.8, 4) is 16.9 Å². The molecule has 1 aromatic carbocycles. The van der Waals surface area contributed by atoms with E-state index in [0.29, 0.717) is 26.0 Å². The average Bonchev–Trinajstić information content (AvgIpc) is 3.56. The lowest BCUT2D eigenvalue weighted by molar-refractivity contribution is -0.141. The molecule has 0 spiro atoms. The van der Waals surface area contributed by atoms with Gasteiger partial charge in [-0.2, -0.15) is 13.2 Å². The molecule has 2 fully saturated rings. The Balaban J connectivity index is 1.28. The molecule has 0 radical (unpaired) electrons. The number of ether oxygens (including phenoxy) is 2. The number of fused-ring (bicyclic) bond motifs is 1. The first kappa shape index (κ1) is 29.9. The zero-order chi connectivity index (χ0) is 30.5. The van der Waals surface area contributed by atoms with Crippen molar-refractivity contribution in [2.45, 2.75) is 63.7 Å². The minimum atomic E-state index is -4.60. The summed E-state index contributed by atoms with van der Waals surface area (Å²) in [6, 6.07) is 8.77. The van der Waals surface area contributed by atoms with E-state index in [2.05, 4.69) is 9.88 Å². The third-order valence-corrected chi connectivity index (χ3v) is 9.54. The third-order valence-electron chi connectivity index (χ3n) is 8.18. The number of likely N-dealkylation sites (tertiary alicyclic amines) is 1. The van der Waals surface area contributed by atoms with E-state index < -0.39 is 24.0 Å². The van der Waals surface area contributed by atoms with E-state index >= 15 is 0 Å². The molecule has 228 valence electrons. The van der Waals surface area contributed by atoms with E-state index in [1.807, 2.05) is 25.1 Å². The number of benzene rings is 1. The molecule has 4 heterocycles. The zero-order valence-electron chi connectivity index (χ0n) is 23.6. The Bertz CT molecular complexity index is 1780. The number of methoxy groups -OCH3 is 1. The number of alkyl halides is 3. The van der Waals surface area contributed by atoms with Gasteiger partial charge in [-0.1, -0.05) is 11.6 Å². The molecule has 13 heteroatoms. The summed E-state index contributed by atoms with van der Waals surface area (Å²) in [5.74, 6) is 0.737. The SMILES string of the molecule is COC1CCN(C2CC(Oc3c(C)cc(Cl)cc3-c3ccnc4cc(Cn5c(=O)ccn(CC(F)(F)F)c5=O)sc34)C2)C1. The predicted octanol–water partition coefficient (Wildman–Crippen LogP) is 5.49. The van der Waals surface area contributed by atoms with Crippen LogP contribution in [0.1, 0.15) is 29.7 Å². The molecule has 6 rings (SSSR count). The maximum absolute atomic E-state index is 13.0. The number of rotatable bonds is 8. The molecule has 2 aliphatic rings. The van der Waals surface area contributed by atoms with Gasteiger partial charge in [0.1, 0.15) is 18.4 Å². The van der Waals surface area contributed by atoms with E-state index in [-0.39, 0.29) is 18.8 Å². The molecule has 1 aliphatic carbocycles. The van der Waals surface area contributed by atoms with Gasteiger partial charge in [0.15, 0.2) is 0 Å². The minimum Gasteiger partial charge on any atom is -0.489 e. The van der Waals surface area contributed by atoms with Gasteiger partial charge in [0, 0.05) is 78.6 Å². The number of aromatic nitrogens is 3. The monoisotopic (exact) mass is 634 g/mol. The molecule has 1 atom stereocenters. The van der Waals surface area contributed by atoms with Gasteiger partial charge in [-0.25, -0.2) is 4.79 Å². The Hall–Kier alpha value is -3.19. The summed E-state index contributed by atoms with van der Waals surface area (Å²) in [7, 11) is 1.76. The topological polar surface area (TPSA) is 78.6 Å². The highest BCUT2D eigenvalue weighted by Crippen LogP contribution is 2.43. The fourth-order valence-electron chi connectivity index (χ4n) is 5.91. The minimum absolute atomic E-state index is 0.0604. The van der Waals surface area contributed by atoms with E-state index in [9.17, 15) is 22.8 Å². The van der Waals surface area contributed by atoms with Crippen molar-refractivity contribution in [2.75, 3.05) is 20.2 Å². The predicted molar refractivity (Wildman–Crippen MR) is 159 cm³/mol. The van der Waals surface area contributed by atoms with Crippen LogP contribution in [0, 0.1) is 6.92 Å². The number of aryl methyl sites for hydroxylation is 1. The summed E-state index contributed by atoms with van der Waals surface area (Å²) in [6.45, 7) is 2.27. The van der Waals surface area contributed by atoms with Gasteiger partial charge in [0.05, 0.1) is 22.9 Å². The van der Waals surface area contributed by atoms with Crippen LogP contribution in [-0.4, -0.2) is 63.6 Å². The molecule has 43 heavy (non-hydrogen) atoms. The highest BCUT2D eigenvalue weighted by molar-refractivity contribution is 7.19. The van der Waals surface area contributed by atoms with Gasteiger partial charge < -0.3 is 9.47 Å². The zero-order valence-corrected chi connectivity index (χ0v) is 25.1. The molecule has 1 saturated carbocycles. The van der Waals surface area contributed by atoms with Crippen LogP contribution in [0.4, 0.5) is 13.2 Å². The Kier molecular flexibility index (Phi) is 8.14. The van der Waals surface area contributed by atoms with Crippen molar-refractivity contribution in [3.05, 3.63) is 79.0 Å². The summed E-state index contributed by atoms with van der Waals surface area (Å²) in [4.78, 5) is 32.8. The van der Waals surface area contributed by atoms with Gasteiger partial charge in [0.2, 0.25) is 0 Å². The fraction of sp³-hybridized carbons (Fsp3) is 0.433. The van der Waals surface area contributed by atoms with Crippen LogP contribution >= 0.6 is 22.9 Å². The Morgan fingerprint density at radius 1 is 1.12 bits per heavy atom. The fourth-order valence-corrected chi connectivity index (χ4v) is 7.32. The Morgan fingerprint density at radius 2 is 1.91 bits per heavy atom. The van der Waals surface area contributed by atoms with Gasteiger partial charge >= 0.3 is 11.9 Å².